The van der Waals surface area contributed by atoms with E-state index in [1.807, 2.05) is 0 Å². The Morgan fingerprint density at radius 1 is 1.32 bits per heavy atom. The molecule has 3 heteroatoms. The third-order valence-electron chi connectivity index (χ3n) is 6.83. The van der Waals surface area contributed by atoms with Crippen LogP contribution in [0.15, 0.2) is 35.3 Å². The zero-order valence-electron chi connectivity index (χ0n) is 13.5. The number of hydrogen-bond donors (Lipinski definition) is 1. The maximum Gasteiger partial charge on any atom is 0.141 e. The van der Waals surface area contributed by atoms with Gasteiger partial charge in [0.05, 0.1) is 12.8 Å². The number of ketones is 1. The number of ether oxygens (including phenoxy) is 1. The Morgan fingerprint density at radius 3 is 2.91 bits per heavy atom. The molecule has 0 aromatic rings. The minimum atomic E-state index is -0.0516. The molecule has 0 heterocycles. The van der Waals surface area contributed by atoms with Crippen LogP contribution in [0.3, 0.4) is 0 Å². The monoisotopic (exact) mass is 299 g/mol. The van der Waals surface area contributed by atoms with Gasteiger partial charge in [0.1, 0.15) is 11.5 Å². The highest BCUT2D eigenvalue weighted by atomic mass is 16.5. The molecule has 2 fully saturated rings. The average Bonchev–Trinajstić information content (AvgIpc) is 2.82. The molecule has 22 heavy (non-hydrogen) atoms. The van der Waals surface area contributed by atoms with Crippen molar-refractivity contribution in [1.82, 2.24) is 0 Å². The van der Waals surface area contributed by atoms with Gasteiger partial charge in [-0.25, -0.2) is 0 Å². The van der Waals surface area contributed by atoms with Crippen molar-refractivity contribution < 1.29 is 9.53 Å². The SMILES string of the molecule is COC1=CC2=CC[C@@H]3[C@H](CC[C@]4(C)C(=O)CC[C@@H]34)[C@H]2C=C1N. The van der Waals surface area contributed by atoms with Crippen molar-refractivity contribution in [3.05, 3.63) is 35.3 Å². The Bertz CT molecular complexity index is 615. The number of Topliss-reactive ketones (excluding diaryl/α,β-unsaturated/α-hetero) is 1. The van der Waals surface area contributed by atoms with E-state index in [2.05, 4.69) is 25.2 Å². The number of carbonyl (C=O) groups is 1. The molecule has 5 atom stereocenters. The molecule has 0 spiro atoms. The number of allylic oxidation sites excluding steroid dienone is 4. The third kappa shape index (κ3) is 1.77. The van der Waals surface area contributed by atoms with Crippen molar-refractivity contribution in [2.24, 2.45) is 34.8 Å². The first kappa shape index (κ1) is 14.1. The van der Waals surface area contributed by atoms with Crippen LogP contribution in [0.2, 0.25) is 0 Å². The number of carbonyl (C=O) groups excluding carboxylic acids is 1. The number of hydrogen-bond acceptors (Lipinski definition) is 3. The number of fused-ring (bicyclic) bond motifs is 5. The van der Waals surface area contributed by atoms with Crippen LogP contribution in [0.25, 0.3) is 0 Å². The molecule has 4 aliphatic carbocycles. The molecule has 0 aliphatic heterocycles. The van der Waals surface area contributed by atoms with E-state index in [-0.39, 0.29) is 5.41 Å². The highest BCUT2D eigenvalue weighted by Gasteiger charge is 2.55. The molecule has 0 bridgehead atoms. The molecule has 0 saturated heterocycles. The van der Waals surface area contributed by atoms with Gasteiger partial charge in [0.25, 0.3) is 0 Å². The standard InChI is InChI=1S/C19H25NO2/c1-19-8-7-12-13(15(19)5-6-18(19)21)4-3-11-9-17(22-2)16(20)10-14(11)12/h3,9-10,12-15H,4-8,20H2,1-2H3/t12-,13+,14-,15-,19-/m0/s1. The normalized spacial score (nSPS) is 43.4. The molecule has 4 aliphatic rings. The summed E-state index contributed by atoms with van der Waals surface area (Å²) in [5, 5.41) is 0. The van der Waals surface area contributed by atoms with Gasteiger partial charge in [-0.2, -0.15) is 0 Å². The number of methoxy groups -OCH3 is 1. The van der Waals surface area contributed by atoms with Gasteiger partial charge in [-0.05, 0) is 61.2 Å². The summed E-state index contributed by atoms with van der Waals surface area (Å²) in [5.41, 5.74) is 8.23. The fraction of sp³-hybridized carbons (Fsp3) is 0.632. The van der Waals surface area contributed by atoms with E-state index in [4.69, 9.17) is 10.5 Å². The van der Waals surface area contributed by atoms with Crippen LogP contribution in [0.4, 0.5) is 0 Å². The highest BCUT2D eigenvalue weighted by Crippen LogP contribution is 2.59. The van der Waals surface area contributed by atoms with E-state index in [1.54, 1.807) is 7.11 Å². The fourth-order valence-corrected chi connectivity index (χ4v) is 5.59. The second-order valence-corrected chi connectivity index (χ2v) is 7.65. The van der Waals surface area contributed by atoms with Crippen molar-refractivity contribution >= 4 is 5.78 Å². The third-order valence-corrected chi connectivity index (χ3v) is 6.83. The minimum Gasteiger partial charge on any atom is -0.495 e. The maximum absolute atomic E-state index is 12.3. The first-order valence-corrected chi connectivity index (χ1v) is 8.51. The van der Waals surface area contributed by atoms with Crippen LogP contribution in [0, 0.1) is 29.1 Å². The molecular formula is C19H25NO2. The Hall–Kier alpha value is -1.51. The molecule has 3 nitrogen and oxygen atoms in total. The van der Waals surface area contributed by atoms with Gasteiger partial charge < -0.3 is 10.5 Å². The lowest BCUT2D eigenvalue weighted by Crippen LogP contribution is -2.45. The number of rotatable bonds is 1. The Balaban J connectivity index is 1.69. The molecule has 2 saturated carbocycles. The second kappa shape index (κ2) is 4.74. The minimum absolute atomic E-state index is 0.0516. The van der Waals surface area contributed by atoms with Crippen LogP contribution < -0.4 is 5.73 Å². The smallest absolute Gasteiger partial charge is 0.141 e. The Labute approximate surface area is 132 Å². The van der Waals surface area contributed by atoms with Crippen LogP contribution in [-0.2, 0) is 9.53 Å². The fourth-order valence-electron chi connectivity index (χ4n) is 5.59. The van der Waals surface area contributed by atoms with Gasteiger partial charge in [-0.15, -0.1) is 0 Å². The molecule has 0 radical (unpaired) electrons. The molecule has 0 unspecified atom stereocenters. The van der Waals surface area contributed by atoms with Gasteiger partial charge in [0.2, 0.25) is 0 Å². The van der Waals surface area contributed by atoms with Crippen molar-refractivity contribution in [2.45, 2.75) is 39.0 Å². The summed E-state index contributed by atoms with van der Waals surface area (Å²) in [6.07, 6.45) is 11.8. The Kier molecular flexibility index (Phi) is 3.04. The van der Waals surface area contributed by atoms with E-state index in [9.17, 15) is 4.79 Å². The zero-order valence-corrected chi connectivity index (χ0v) is 13.5. The first-order chi connectivity index (χ1) is 10.5. The average molecular weight is 299 g/mol. The predicted octanol–water partition coefficient (Wildman–Crippen LogP) is 3.33. The number of nitrogens with two attached hydrogens (primary N) is 1. The van der Waals surface area contributed by atoms with E-state index in [1.165, 1.54) is 5.57 Å². The molecule has 2 N–H and O–H groups in total. The summed E-state index contributed by atoms with van der Waals surface area (Å²) in [4.78, 5) is 12.3. The summed E-state index contributed by atoms with van der Waals surface area (Å²) >= 11 is 0. The lowest BCUT2D eigenvalue weighted by atomic mass is 9.54. The van der Waals surface area contributed by atoms with Gasteiger partial charge in [-0.1, -0.05) is 13.0 Å². The summed E-state index contributed by atoms with van der Waals surface area (Å²) < 4.78 is 5.37. The van der Waals surface area contributed by atoms with Crippen molar-refractivity contribution in [3.8, 4) is 0 Å². The molecule has 4 rings (SSSR count). The maximum atomic E-state index is 12.3. The van der Waals surface area contributed by atoms with E-state index in [0.29, 0.717) is 29.5 Å². The highest BCUT2D eigenvalue weighted by molar-refractivity contribution is 5.87. The molecule has 0 aromatic carbocycles. The van der Waals surface area contributed by atoms with Gasteiger partial charge >= 0.3 is 0 Å². The summed E-state index contributed by atoms with van der Waals surface area (Å²) in [7, 11) is 1.68. The summed E-state index contributed by atoms with van der Waals surface area (Å²) in [6, 6.07) is 0. The van der Waals surface area contributed by atoms with Gasteiger partial charge in [-0.3, -0.25) is 4.79 Å². The predicted molar refractivity (Wildman–Crippen MR) is 85.6 cm³/mol. The van der Waals surface area contributed by atoms with Crippen LogP contribution in [0.1, 0.15) is 39.0 Å². The van der Waals surface area contributed by atoms with E-state index in [0.717, 1.165) is 43.6 Å². The molecular weight excluding hydrogens is 274 g/mol. The van der Waals surface area contributed by atoms with Crippen molar-refractivity contribution in [1.29, 1.82) is 0 Å². The van der Waals surface area contributed by atoms with E-state index >= 15 is 0 Å². The van der Waals surface area contributed by atoms with Crippen LogP contribution in [0.5, 0.6) is 0 Å². The zero-order chi connectivity index (χ0) is 15.5. The quantitative estimate of drug-likeness (QED) is 0.808. The first-order valence-electron chi connectivity index (χ1n) is 8.51. The van der Waals surface area contributed by atoms with Gasteiger partial charge in [0, 0.05) is 17.8 Å². The van der Waals surface area contributed by atoms with Crippen molar-refractivity contribution in [2.75, 3.05) is 7.11 Å². The largest absolute Gasteiger partial charge is 0.495 e. The summed E-state index contributed by atoms with van der Waals surface area (Å²) in [6.45, 7) is 2.22. The molecule has 0 amide bonds. The Morgan fingerprint density at radius 2 is 2.14 bits per heavy atom. The topological polar surface area (TPSA) is 52.3 Å². The molecule has 118 valence electrons. The van der Waals surface area contributed by atoms with E-state index < -0.39 is 0 Å². The van der Waals surface area contributed by atoms with Crippen LogP contribution in [-0.4, -0.2) is 12.9 Å². The lowest BCUT2D eigenvalue weighted by molar-refractivity contribution is -0.130. The van der Waals surface area contributed by atoms with Gasteiger partial charge in [0.15, 0.2) is 0 Å². The summed E-state index contributed by atoms with van der Waals surface area (Å²) in [5.74, 6) is 3.55. The van der Waals surface area contributed by atoms with Crippen molar-refractivity contribution in [3.63, 3.8) is 0 Å². The second-order valence-electron chi connectivity index (χ2n) is 7.65. The molecule has 0 aromatic heterocycles. The van der Waals surface area contributed by atoms with Crippen LogP contribution >= 0.6 is 0 Å². The lowest BCUT2D eigenvalue weighted by Gasteiger charge is -2.50.